The Morgan fingerprint density at radius 2 is 2.15 bits per heavy atom. The number of hydrogen-bond acceptors (Lipinski definition) is 6. The second kappa shape index (κ2) is 13.2. The molecule has 1 saturated heterocycles. The lowest BCUT2D eigenvalue weighted by molar-refractivity contribution is -0.135. The summed E-state index contributed by atoms with van der Waals surface area (Å²) < 4.78 is 12.8. The fourth-order valence-corrected chi connectivity index (χ4v) is 4.69. The monoisotopic (exact) mass is 584 g/mol. The fraction of sp³-hybridized carbons (Fsp3) is 0.520. The van der Waals surface area contributed by atoms with Gasteiger partial charge in [0.25, 0.3) is 0 Å². The highest BCUT2D eigenvalue weighted by Crippen LogP contribution is 2.30. The van der Waals surface area contributed by atoms with E-state index in [2.05, 4.69) is 27.9 Å². The van der Waals surface area contributed by atoms with Gasteiger partial charge in [-0.2, -0.15) is 0 Å². The zero-order valence-corrected chi connectivity index (χ0v) is 21.5. The van der Waals surface area contributed by atoms with E-state index in [1.165, 1.54) is 6.08 Å². The zero-order valence-electron chi connectivity index (χ0n) is 19.4. The standard InChI is InChI=1S/C25H33IN2O6/c1-2-3-10-23(30)28(16-18-7-6-13-33-18)20-14-17(25(32)27-11-12-29)15-22(24(20)31)34-21-9-5-4-8-19(21)26/h3-5,8-10,15,18,20,22,24,29,31H,2,6-7,11-14,16H2,1H3,(H,27,32)/t18-,20-,22+,24+/m1/s1. The molecule has 0 radical (unpaired) electrons. The van der Waals surface area contributed by atoms with Crippen LogP contribution >= 0.6 is 22.6 Å². The van der Waals surface area contributed by atoms with Crippen molar-refractivity contribution in [2.45, 2.75) is 57.0 Å². The lowest BCUT2D eigenvalue weighted by atomic mass is 9.87. The van der Waals surface area contributed by atoms with E-state index in [1.807, 2.05) is 25.1 Å². The number of amides is 2. The maximum atomic E-state index is 13.2. The highest BCUT2D eigenvalue weighted by Gasteiger charge is 2.41. The Balaban J connectivity index is 1.92. The number of aliphatic hydroxyl groups is 2. The molecule has 1 aliphatic carbocycles. The molecule has 1 fully saturated rings. The molecule has 0 aromatic heterocycles. The van der Waals surface area contributed by atoms with Gasteiger partial charge in [0.15, 0.2) is 0 Å². The quantitative estimate of drug-likeness (QED) is 0.288. The van der Waals surface area contributed by atoms with Crippen molar-refractivity contribution in [1.29, 1.82) is 0 Å². The highest BCUT2D eigenvalue weighted by molar-refractivity contribution is 14.1. The fourth-order valence-electron chi connectivity index (χ4n) is 4.18. The first-order valence-corrected chi connectivity index (χ1v) is 12.8. The van der Waals surface area contributed by atoms with Crippen LogP contribution < -0.4 is 10.1 Å². The minimum atomic E-state index is -1.05. The first kappa shape index (κ1) is 26.7. The number of nitrogens with one attached hydrogen (secondary N) is 1. The highest BCUT2D eigenvalue weighted by atomic mass is 127. The van der Waals surface area contributed by atoms with Crippen molar-refractivity contribution in [2.24, 2.45) is 0 Å². The number of carbonyl (C=O) groups is 2. The molecule has 0 unspecified atom stereocenters. The van der Waals surface area contributed by atoms with E-state index in [0.717, 1.165) is 16.4 Å². The SMILES string of the molecule is CCC=CC(=O)N(C[C@H]1CCCO1)[C@@H]1CC(C(=O)NCCO)=C[C@H](Oc2ccccc2I)[C@H]1O. The average Bonchev–Trinajstić information content (AvgIpc) is 3.35. The predicted molar refractivity (Wildman–Crippen MR) is 136 cm³/mol. The van der Waals surface area contributed by atoms with Crippen molar-refractivity contribution in [3.05, 3.63) is 51.6 Å². The van der Waals surface area contributed by atoms with E-state index in [9.17, 15) is 14.7 Å². The van der Waals surface area contributed by atoms with Gasteiger partial charge >= 0.3 is 0 Å². The van der Waals surface area contributed by atoms with Crippen LogP contribution in [0.25, 0.3) is 0 Å². The van der Waals surface area contributed by atoms with Crippen LogP contribution in [0.5, 0.6) is 5.75 Å². The van der Waals surface area contributed by atoms with Crippen molar-refractivity contribution >= 4 is 34.4 Å². The Kier molecular flexibility index (Phi) is 10.4. The molecule has 9 heteroatoms. The van der Waals surface area contributed by atoms with E-state index >= 15 is 0 Å². The summed E-state index contributed by atoms with van der Waals surface area (Å²) in [5.41, 5.74) is 0.407. The normalized spacial score (nSPS) is 24.6. The van der Waals surface area contributed by atoms with Crippen LogP contribution in [0.3, 0.4) is 0 Å². The van der Waals surface area contributed by atoms with Gasteiger partial charge in [0.2, 0.25) is 11.8 Å². The Morgan fingerprint density at radius 3 is 2.82 bits per heavy atom. The van der Waals surface area contributed by atoms with E-state index in [-0.39, 0.29) is 37.5 Å². The molecule has 3 rings (SSSR count). The van der Waals surface area contributed by atoms with Crippen LogP contribution in [0.4, 0.5) is 0 Å². The molecule has 0 bridgehead atoms. The summed E-state index contributed by atoms with van der Waals surface area (Å²) in [4.78, 5) is 27.6. The Bertz CT molecular complexity index is 899. The van der Waals surface area contributed by atoms with Crippen LogP contribution in [0.2, 0.25) is 0 Å². The number of carbonyl (C=O) groups excluding carboxylic acids is 2. The van der Waals surface area contributed by atoms with Crippen LogP contribution in [-0.4, -0.2) is 77.6 Å². The van der Waals surface area contributed by atoms with Gasteiger partial charge < -0.3 is 29.9 Å². The van der Waals surface area contributed by atoms with E-state index in [0.29, 0.717) is 30.9 Å². The number of halogens is 1. The number of nitrogens with zero attached hydrogens (tertiary/aromatic N) is 1. The first-order chi connectivity index (χ1) is 16.4. The Hall–Kier alpha value is -1.95. The molecule has 1 aliphatic heterocycles. The molecule has 1 aromatic rings. The number of allylic oxidation sites excluding steroid dienone is 1. The number of hydrogen-bond donors (Lipinski definition) is 3. The van der Waals surface area contributed by atoms with Gasteiger partial charge in [0.05, 0.1) is 22.3 Å². The third-order valence-corrected chi connectivity index (χ3v) is 6.81. The molecule has 34 heavy (non-hydrogen) atoms. The molecule has 8 nitrogen and oxygen atoms in total. The molecule has 0 saturated carbocycles. The number of rotatable bonds is 10. The molecule has 1 heterocycles. The Morgan fingerprint density at radius 1 is 1.35 bits per heavy atom. The maximum absolute atomic E-state index is 13.2. The van der Waals surface area contributed by atoms with Crippen LogP contribution in [-0.2, 0) is 14.3 Å². The van der Waals surface area contributed by atoms with Crippen molar-refractivity contribution in [3.63, 3.8) is 0 Å². The van der Waals surface area contributed by atoms with Crippen molar-refractivity contribution in [1.82, 2.24) is 10.2 Å². The zero-order chi connectivity index (χ0) is 24.5. The summed E-state index contributed by atoms with van der Waals surface area (Å²) in [7, 11) is 0. The van der Waals surface area contributed by atoms with Gasteiger partial charge in [-0.3, -0.25) is 9.59 Å². The van der Waals surface area contributed by atoms with Gasteiger partial charge in [-0.05, 0) is 66.1 Å². The summed E-state index contributed by atoms with van der Waals surface area (Å²) >= 11 is 2.15. The molecular formula is C25H33IN2O6. The molecule has 0 spiro atoms. The van der Waals surface area contributed by atoms with Crippen molar-refractivity contribution in [2.75, 3.05) is 26.3 Å². The molecule has 186 valence electrons. The van der Waals surface area contributed by atoms with Crippen LogP contribution in [0.1, 0.15) is 32.6 Å². The van der Waals surface area contributed by atoms with Gasteiger partial charge in [0.1, 0.15) is 18.0 Å². The summed E-state index contributed by atoms with van der Waals surface area (Å²) in [6.07, 6.45) is 5.56. The van der Waals surface area contributed by atoms with Gasteiger partial charge in [-0.1, -0.05) is 25.1 Å². The van der Waals surface area contributed by atoms with Crippen LogP contribution in [0, 0.1) is 3.57 Å². The van der Waals surface area contributed by atoms with E-state index in [4.69, 9.17) is 14.6 Å². The average molecular weight is 584 g/mol. The first-order valence-electron chi connectivity index (χ1n) is 11.7. The summed E-state index contributed by atoms with van der Waals surface area (Å²) in [5, 5.41) is 23.2. The summed E-state index contributed by atoms with van der Waals surface area (Å²) in [6.45, 7) is 2.86. The molecular weight excluding hydrogens is 551 g/mol. The minimum absolute atomic E-state index is 0.113. The second-order valence-electron chi connectivity index (χ2n) is 8.38. The third kappa shape index (κ3) is 7.03. The number of para-hydroxylation sites is 1. The van der Waals surface area contributed by atoms with E-state index < -0.39 is 18.2 Å². The molecule has 4 atom stereocenters. The lowest BCUT2D eigenvalue weighted by Crippen LogP contribution is -2.56. The summed E-state index contributed by atoms with van der Waals surface area (Å²) in [6, 6.07) is 6.75. The smallest absolute Gasteiger partial charge is 0.247 e. The summed E-state index contributed by atoms with van der Waals surface area (Å²) in [5.74, 6) is 0.00410. The predicted octanol–water partition coefficient (Wildman–Crippen LogP) is 2.18. The number of benzene rings is 1. The maximum Gasteiger partial charge on any atom is 0.247 e. The largest absolute Gasteiger partial charge is 0.482 e. The van der Waals surface area contributed by atoms with Crippen LogP contribution in [0.15, 0.2) is 48.1 Å². The molecule has 1 aromatic carbocycles. The molecule has 3 N–H and O–H groups in total. The third-order valence-electron chi connectivity index (χ3n) is 5.92. The van der Waals surface area contributed by atoms with Crippen molar-refractivity contribution in [3.8, 4) is 5.75 Å². The van der Waals surface area contributed by atoms with Gasteiger partial charge in [-0.25, -0.2) is 0 Å². The van der Waals surface area contributed by atoms with E-state index in [1.54, 1.807) is 23.1 Å². The van der Waals surface area contributed by atoms with Gasteiger partial charge in [-0.15, -0.1) is 0 Å². The topological polar surface area (TPSA) is 108 Å². The number of aliphatic hydroxyl groups excluding tert-OH is 2. The van der Waals surface area contributed by atoms with Gasteiger partial charge in [0, 0.05) is 31.7 Å². The molecule has 2 aliphatic rings. The molecule has 2 amide bonds. The number of ether oxygens (including phenoxy) is 2. The Labute approximate surface area is 214 Å². The second-order valence-corrected chi connectivity index (χ2v) is 9.54. The minimum Gasteiger partial charge on any atom is -0.482 e. The van der Waals surface area contributed by atoms with Crippen molar-refractivity contribution < 1.29 is 29.3 Å². The lowest BCUT2D eigenvalue weighted by Gasteiger charge is -2.41.